The Labute approximate surface area is 140 Å². The topological polar surface area (TPSA) is 99.3 Å². The maximum absolute atomic E-state index is 12.2. The molecule has 0 radical (unpaired) electrons. The number of amides is 1. The van der Waals surface area contributed by atoms with Gasteiger partial charge >= 0.3 is 11.6 Å². The van der Waals surface area contributed by atoms with Crippen molar-refractivity contribution in [2.75, 3.05) is 7.11 Å². The van der Waals surface area contributed by atoms with Crippen LogP contribution in [-0.4, -0.2) is 33.8 Å². The summed E-state index contributed by atoms with van der Waals surface area (Å²) in [6.07, 6.45) is 6.74. The summed E-state index contributed by atoms with van der Waals surface area (Å²) >= 11 is 0. The Morgan fingerprint density at radius 2 is 2.33 bits per heavy atom. The number of rotatable bonds is 7. The summed E-state index contributed by atoms with van der Waals surface area (Å²) in [6, 6.07) is 0.189. The molecule has 132 valence electrons. The van der Waals surface area contributed by atoms with E-state index < -0.39 is 4.92 Å². The van der Waals surface area contributed by atoms with E-state index in [1.54, 1.807) is 0 Å². The van der Waals surface area contributed by atoms with Gasteiger partial charge in [0.15, 0.2) is 0 Å². The van der Waals surface area contributed by atoms with Crippen LogP contribution in [0.15, 0.2) is 6.20 Å². The van der Waals surface area contributed by atoms with Crippen molar-refractivity contribution in [1.29, 1.82) is 0 Å². The van der Waals surface area contributed by atoms with Crippen molar-refractivity contribution in [2.24, 2.45) is 17.8 Å². The summed E-state index contributed by atoms with van der Waals surface area (Å²) in [5.74, 6) is 2.15. The van der Waals surface area contributed by atoms with Crippen LogP contribution < -0.4 is 10.1 Å². The zero-order valence-electron chi connectivity index (χ0n) is 14.1. The van der Waals surface area contributed by atoms with E-state index >= 15 is 0 Å². The van der Waals surface area contributed by atoms with Gasteiger partial charge in [0.2, 0.25) is 5.91 Å². The molecular formula is C16H24N4O4. The third-order valence-electron chi connectivity index (χ3n) is 5.49. The Kier molecular flexibility index (Phi) is 4.73. The molecule has 1 aromatic heterocycles. The first kappa shape index (κ1) is 16.7. The average molecular weight is 336 g/mol. The third-order valence-corrected chi connectivity index (χ3v) is 5.49. The van der Waals surface area contributed by atoms with Gasteiger partial charge in [0.1, 0.15) is 6.20 Å². The third kappa shape index (κ3) is 3.37. The zero-order valence-corrected chi connectivity index (χ0v) is 14.1. The highest BCUT2D eigenvalue weighted by atomic mass is 16.6. The van der Waals surface area contributed by atoms with Crippen molar-refractivity contribution in [3.63, 3.8) is 0 Å². The van der Waals surface area contributed by atoms with E-state index in [-0.39, 0.29) is 29.9 Å². The van der Waals surface area contributed by atoms with E-state index in [0.29, 0.717) is 12.5 Å². The fraction of sp³-hybridized carbons (Fsp3) is 0.750. The average Bonchev–Trinajstić information content (AvgIpc) is 3.27. The second-order valence-corrected chi connectivity index (χ2v) is 6.99. The molecule has 1 N–H and O–H groups in total. The van der Waals surface area contributed by atoms with Gasteiger partial charge in [-0.15, -0.1) is 5.10 Å². The van der Waals surface area contributed by atoms with E-state index in [1.165, 1.54) is 43.7 Å². The molecule has 8 heteroatoms. The van der Waals surface area contributed by atoms with Gasteiger partial charge in [-0.25, -0.2) is 0 Å². The quantitative estimate of drug-likeness (QED) is 0.607. The van der Waals surface area contributed by atoms with Crippen molar-refractivity contribution in [1.82, 2.24) is 15.1 Å². The maximum Gasteiger partial charge on any atom is 0.350 e. The van der Waals surface area contributed by atoms with Crippen molar-refractivity contribution in [3.8, 4) is 5.88 Å². The van der Waals surface area contributed by atoms with Crippen LogP contribution in [0.4, 0.5) is 5.69 Å². The lowest BCUT2D eigenvalue weighted by molar-refractivity contribution is -0.385. The molecule has 24 heavy (non-hydrogen) atoms. The van der Waals surface area contributed by atoms with Crippen LogP contribution in [0.3, 0.4) is 0 Å². The van der Waals surface area contributed by atoms with E-state index in [4.69, 9.17) is 4.74 Å². The predicted octanol–water partition coefficient (Wildman–Crippen LogP) is 2.13. The van der Waals surface area contributed by atoms with Gasteiger partial charge in [0.25, 0.3) is 0 Å². The fourth-order valence-electron chi connectivity index (χ4n) is 4.33. The SMILES string of the molecule is COc1nn(CCC(=O)NC(C)C2CC3CCC2C3)cc1[N+](=O)[O-]. The minimum absolute atomic E-state index is 0.0317. The monoisotopic (exact) mass is 336 g/mol. The van der Waals surface area contributed by atoms with Crippen molar-refractivity contribution in [2.45, 2.75) is 51.6 Å². The Balaban J connectivity index is 1.49. The number of methoxy groups -OCH3 is 1. The summed E-state index contributed by atoms with van der Waals surface area (Å²) in [5.41, 5.74) is -0.187. The summed E-state index contributed by atoms with van der Waals surface area (Å²) in [4.78, 5) is 22.5. The molecule has 0 aromatic carbocycles. The molecule has 0 aliphatic heterocycles. The Bertz CT molecular complexity index is 630. The second-order valence-electron chi connectivity index (χ2n) is 6.99. The highest BCUT2D eigenvalue weighted by Crippen LogP contribution is 2.49. The van der Waals surface area contributed by atoms with Crippen LogP contribution in [0.1, 0.15) is 39.0 Å². The van der Waals surface area contributed by atoms with Crippen LogP contribution >= 0.6 is 0 Å². The number of nitrogens with one attached hydrogen (secondary N) is 1. The Hall–Kier alpha value is -2.12. The van der Waals surface area contributed by atoms with E-state index in [1.807, 2.05) is 0 Å². The highest BCUT2D eigenvalue weighted by Gasteiger charge is 2.42. The van der Waals surface area contributed by atoms with Gasteiger partial charge < -0.3 is 10.1 Å². The number of hydrogen-bond acceptors (Lipinski definition) is 5. The smallest absolute Gasteiger partial charge is 0.350 e. The van der Waals surface area contributed by atoms with Gasteiger partial charge in [-0.1, -0.05) is 6.42 Å². The molecule has 1 aromatic rings. The lowest BCUT2D eigenvalue weighted by atomic mass is 9.84. The highest BCUT2D eigenvalue weighted by molar-refractivity contribution is 5.76. The van der Waals surface area contributed by atoms with Crippen LogP contribution in [0, 0.1) is 27.9 Å². The predicted molar refractivity (Wildman–Crippen MR) is 86.6 cm³/mol. The number of aromatic nitrogens is 2. The number of nitro groups is 1. The molecule has 2 fully saturated rings. The van der Waals surface area contributed by atoms with Crippen molar-refractivity contribution >= 4 is 11.6 Å². The largest absolute Gasteiger partial charge is 0.475 e. The first-order valence-corrected chi connectivity index (χ1v) is 8.53. The molecule has 2 saturated carbocycles. The first-order chi connectivity index (χ1) is 11.5. The zero-order chi connectivity index (χ0) is 17.3. The normalized spacial score (nSPS) is 26.3. The molecule has 1 amide bonds. The minimum atomic E-state index is -0.542. The van der Waals surface area contributed by atoms with Crippen LogP contribution in [0.2, 0.25) is 0 Å². The molecule has 0 spiro atoms. The summed E-state index contributed by atoms with van der Waals surface area (Å²) < 4.78 is 6.27. The maximum atomic E-state index is 12.2. The lowest BCUT2D eigenvalue weighted by Gasteiger charge is -2.28. The molecule has 4 atom stereocenters. The Morgan fingerprint density at radius 3 is 2.88 bits per heavy atom. The number of carbonyl (C=O) groups is 1. The molecule has 8 nitrogen and oxygen atoms in total. The van der Waals surface area contributed by atoms with E-state index in [0.717, 1.165) is 11.8 Å². The van der Waals surface area contributed by atoms with Gasteiger partial charge in [-0.2, -0.15) is 0 Å². The number of fused-ring (bicyclic) bond motifs is 2. The fourth-order valence-corrected chi connectivity index (χ4v) is 4.33. The molecule has 3 rings (SSSR count). The second kappa shape index (κ2) is 6.78. The first-order valence-electron chi connectivity index (χ1n) is 8.53. The van der Waals surface area contributed by atoms with Gasteiger partial charge in [0, 0.05) is 12.5 Å². The molecule has 1 heterocycles. The van der Waals surface area contributed by atoms with E-state index in [9.17, 15) is 14.9 Å². The standard InChI is InChI=1S/C16H24N4O4/c1-10(13-8-11-3-4-12(13)7-11)17-15(21)5-6-19-9-14(20(22)23)16(18-19)24-2/h9-13H,3-8H2,1-2H3,(H,17,21). The summed E-state index contributed by atoms with van der Waals surface area (Å²) in [5, 5.41) is 18.0. The molecule has 0 saturated heterocycles. The van der Waals surface area contributed by atoms with Crippen LogP contribution in [0.5, 0.6) is 5.88 Å². The van der Waals surface area contributed by atoms with Gasteiger partial charge in [-0.3, -0.25) is 19.6 Å². The summed E-state index contributed by atoms with van der Waals surface area (Å²) in [7, 11) is 1.34. The van der Waals surface area contributed by atoms with E-state index in [2.05, 4.69) is 17.3 Å². The van der Waals surface area contributed by atoms with Crippen LogP contribution in [-0.2, 0) is 11.3 Å². The molecular weight excluding hydrogens is 312 g/mol. The minimum Gasteiger partial charge on any atom is -0.475 e. The van der Waals surface area contributed by atoms with Gasteiger partial charge in [-0.05, 0) is 43.9 Å². The molecule has 2 bridgehead atoms. The molecule has 2 aliphatic carbocycles. The van der Waals surface area contributed by atoms with Gasteiger partial charge in [0.05, 0.1) is 18.6 Å². The number of nitrogens with zero attached hydrogens (tertiary/aromatic N) is 3. The Morgan fingerprint density at radius 1 is 1.54 bits per heavy atom. The lowest BCUT2D eigenvalue weighted by Crippen LogP contribution is -2.40. The number of carbonyl (C=O) groups excluding carboxylic acids is 1. The number of aryl methyl sites for hydroxylation is 1. The molecule has 4 unspecified atom stereocenters. The van der Waals surface area contributed by atoms with Crippen molar-refractivity contribution < 1.29 is 14.5 Å². The summed E-state index contributed by atoms with van der Waals surface area (Å²) in [6.45, 7) is 2.38. The van der Waals surface area contributed by atoms with Crippen molar-refractivity contribution in [3.05, 3.63) is 16.3 Å². The van der Waals surface area contributed by atoms with Crippen LogP contribution in [0.25, 0.3) is 0 Å². The molecule has 2 aliphatic rings. The number of ether oxygens (including phenoxy) is 1. The number of hydrogen-bond donors (Lipinski definition) is 1.